The number of hydrogen-bond donors (Lipinski definition) is 3. The monoisotopic (exact) mass is 481 g/mol. The number of benzene rings is 1. The number of rotatable bonds is 6. The first-order valence-corrected chi connectivity index (χ1v) is 11.6. The first-order chi connectivity index (χ1) is 17.5. The maximum Gasteiger partial charge on any atom is 0.247 e. The van der Waals surface area contributed by atoms with Gasteiger partial charge in [-0.2, -0.15) is 4.98 Å². The molecule has 1 aromatic carbocycles. The van der Waals surface area contributed by atoms with Crippen molar-refractivity contribution in [3.63, 3.8) is 0 Å². The van der Waals surface area contributed by atoms with E-state index in [9.17, 15) is 4.79 Å². The van der Waals surface area contributed by atoms with E-state index in [0.29, 0.717) is 34.1 Å². The summed E-state index contributed by atoms with van der Waals surface area (Å²) in [4.78, 5) is 34.6. The van der Waals surface area contributed by atoms with Gasteiger partial charge in [-0.1, -0.05) is 18.7 Å². The van der Waals surface area contributed by atoms with E-state index in [1.807, 2.05) is 30.3 Å². The number of hydrogen-bond acceptors (Lipinski definition) is 9. The zero-order chi connectivity index (χ0) is 25.1. The SMILES string of the molecule is C=CC(=O)Nc1ccnc(-c2cccc3c(N)nc(Nc4ccc(N5CCN(C)CC5)nc4)nc23)c1. The van der Waals surface area contributed by atoms with Gasteiger partial charge in [-0.15, -0.1) is 0 Å². The summed E-state index contributed by atoms with van der Waals surface area (Å²) in [7, 11) is 2.13. The minimum absolute atomic E-state index is 0.296. The Kier molecular flexibility index (Phi) is 6.42. The fourth-order valence-corrected chi connectivity index (χ4v) is 4.10. The number of nitrogens with zero attached hydrogens (tertiary/aromatic N) is 6. The highest BCUT2D eigenvalue weighted by molar-refractivity contribution is 6.01. The molecule has 0 bridgehead atoms. The lowest BCUT2D eigenvalue weighted by Gasteiger charge is -2.33. The van der Waals surface area contributed by atoms with Gasteiger partial charge in [0, 0.05) is 49.0 Å². The number of likely N-dealkylation sites (N-methyl/N-ethyl adjacent to an activating group) is 1. The Morgan fingerprint density at radius 2 is 1.89 bits per heavy atom. The Bertz CT molecular complexity index is 1410. The summed E-state index contributed by atoms with van der Waals surface area (Å²) in [6.45, 7) is 7.44. The fourth-order valence-electron chi connectivity index (χ4n) is 4.10. The third-order valence-corrected chi connectivity index (χ3v) is 6.08. The van der Waals surface area contributed by atoms with Gasteiger partial charge in [0.25, 0.3) is 0 Å². The first-order valence-electron chi connectivity index (χ1n) is 11.6. The van der Waals surface area contributed by atoms with E-state index in [4.69, 9.17) is 10.7 Å². The molecule has 1 aliphatic heterocycles. The molecule has 10 heteroatoms. The zero-order valence-corrected chi connectivity index (χ0v) is 20.0. The van der Waals surface area contributed by atoms with Gasteiger partial charge >= 0.3 is 0 Å². The van der Waals surface area contributed by atoms with Gasteiger partial charge in [-0.3, -0.25) is 9.78 Å². The minimum atomic E-state index is -0.296. The van der Waals surface area contributed by atoms with Gasteiger partial charge in [0.05, 0.1) is 23.1 Å². The molecule has 1 fully saturated rings. The van der Waals surface area contributed by atoms with Gasteiger partial charge in [-0.05, 0) is 43.5 Å². The topological polar surface area (TPSA) is 125 Å². The predicted molar refractivity (Wildman–Crippen MR) is 143 cm³/mol. The van der Waals surface area contributed by atoms with Crippen molar-refractivity contribution in [1.29, 1.82) is 0 Å². The smallest absolute Gasteiger partial charge is 0.247 e. The summed E-state index contributed by atoms with van der Waals surface area (Å²) < 4.78 is 0. The molecule has 1 aliphatic rings. The van der Waals surface area contributed by atoms with Gasteiger partial charge in [0.2, 0.25) is 11.9 Å². The minimum Gasteiger partial charge on any atom is -0.383 e. The average molecular weight is 482 g/mol. The van der Waals surface area contributed by atoms with Gasteiger partial charge in [0.1, 0.15) is 11.6 Å². The largest absolute Gasteiger partial charge is 0.383 e. The molecule has 3 aromatic heterocycles. The molecule has 0 radical (unpaired) electrons. The van der Waals surface area contributed by atoms with Crippen LogP contribution in [0.3, 0.4) is 0 Å². The third kappa shape index (κ3) is 4.93. The van der Waals surface area contributed by atoms with Crippen molar-refractivity contribution >= 4 is 45.8 Å². The van der Waals surface area contributed by atoms with Crippen LogP contribution in [0.15, 0.2) is 67.5 Å². The molecular weight excluding hydrogens is 454 g/mol. The van der Waals surface area contributed by atoms with E-state index in [2.05, 4.69) is 49.0 Å². The van der Waals surface area contributed by atoms with Crippen LogP contribution in [0.1, 0.15) is 0 Å². The summed E-state index contributed by atoms with van der Waals surface area (Å²) in [6.07, 6.45) is 4.62. The van der Waals surface area contributed by atoms with Crippen molar-refractivity contribution < 1.29 is 4.79 Å². The number of carbonyl (C=O) groups is 1. The van der Waals surface area contributed by atoms with E-state index >= 15 is 0 Å². The van der Waals surface area contributed by atoms with Crippen LogP contribution in [0.25, 0.3) is 22.2 Å². The number of fused-ring (bicyclic) bond motifs is 1. The second-order valence-corrected chi connectivity index (χ2v) is 8.58. The Morgan fingerprint density at radius 3 is 2.64 bits per heavy atom. The molecule has 1 saturated heterocycles. The van der Waals surface area contributed by atoms with E-state index in [1.165, 1.54) is 6.08 Å². The maximum atomic E-state index is 11.7. The zero-order valence-electron chi connectivity index (χ0n) is 20.0. The number of anilines is 5. The molecular formula is C26H27N9O. The van der Waals surface area contributed by atoms with Crippen LogP contribution in [0.5, 0.6) is 0 Å². The standard InChI is InChI=1S/C26H27N9O/c1-3-23(36)30-17-9-10-28-21(15-17)19-5-4-6-20-24(19)32-26(33-25(20)27)31-18-7-8-22(29-16-18)35-13-11-34(2)12-14-35/h3-10,15-16H,1,11-14H2,2H3,(H,28,30,36)(H3,27,31,32,33). The van der Waals surface area contributed by atoms with E-state index in [1.54, 1.807) is 24.5 Å². The van der Waals surface area contributed by atoms with Crippen molar-refractivity contribution in [2.75, 3.05) is 54.5 Å². The van der Waals surface area contributed by atoms with Crippen molar-refractivity contribution in [3.8, 4) is 11.3 Å². The lowest BCUT2D eigenvalue weighted by atomic mass is 10.1. The van der Waals surface area contributed by atoms with E-state index in [-0.39, 0.29) is 5.91 Å². The van der Waals surface area contributed by atoms with Crippen LogP contribution < -0.4 is 21.3 Å². The number of pyridine rings is 2. The second kappa shape index (κ2) is 9.96. The number of nitrogen functional groups attached to an aromatic ring is 1. The number of amides is 1. The molecule has 0 atom stereocenters. The quantitative estimate of drug-likeness (QED) is 0.356. The highest BCUT2D eigenvalue weighted by Crippen LogP contribution is 2.31. The number of carbonyl (C=O) groups excluding carboxylic acids is 1. The molecule has 0 saturated carbocycles. The highest BCUT2D eigenvalue weighted by Gasteiger charge is 2.16. The predicted octanol–water partition coefficient (Wildman–Crippen LogP) is 3.29. The van der Waals surface area contributed by atoms with E-state index < -0.39 is 0 Å². The first kappa shape index (κ1) is 23.2. The normalized spacial score (nSPS) is 14.0. The molecule has 36 heavy (non-hydrogen) atoms. The number of nitrogens with one attached hydrogen (secondary N) is 2. The summed E-state index contributed by atoms with van der Waals surface area (Å²) in [5, 5.41) is 6.69. The molecule has 5 rings (SSSR count). The Balaban J connectivity index is 1.43. The van der Waals surface area contributed by atoms with Crippen molar-refractivity contribution in [3.05, 3.63) is 67.5 Å². The molecule has 0 unspecified atom stereocenters. The Hall–Kier alpha value is -4.57. The molecule has 0 aliphatic carbocycles. The van der Waals surface area contributed by atoms with E-state index in [0.717, 1.165) is 43.2 Å². The maximum absolute atomic E-state index is 11.7. The molecule has 4 N–H and O–H groups in total. The number of aromatic nitrogens is 4. The molecule has 4 aromatic rings. The average Bonchev–Trinajstić information content (AvgIpc) is 2.89. The molecule has 182 valence electrons. The van der Waals surface area contributed by atoms with Crippen molar-refractivity contribution in [2.24, 2.45) is 0 Å². The van der Waals surface area contributed by atoms with Crippen LogP contribution in [0.4, 0.5) is 29.0 Å². The molecule has 1 amide bonds. The lowest BCUT2D eigenvalue weighted by molar-refractivity contribution is -0.111. The summed E-state index contributed by atoms with van der Waals surface area (Å²) in [5.74, 6) is 1.36. The van der Waals surface area contributed by atoms with Crippen molar-refractivity contribution in [2.45, 2.75) is 0 Å². The van der Waals surface area contributed by atoms with Gasteiger partial charge in [-0.25, -0.2) is 9.97 Å². The number of nitrogens with two attached hydrogens (primary N) is 1. The lowest BCUT2D eigenvalue weighted by Crippen LogP contribution is -2.44. The van der Waals surface area contributed by atoms with Crippen LogP contribution in [0, 0.1) is 0 Å². The Labute approximate surface area is 208 Å². The summed E-state index contributed by atoms with van der Waals surface area (Å²) in [5.41, 5.74) is 9.72. The molecule has 0 spiro atoms. The number of para-hydroxylation sites is 1. The molecule has 10 nitrogen and oxygen atoms in total. The van der Waals surface area contributed by atoms with Crippen LogP contribution in [-0.4, -0.2) is 64.0 Å². The second-order valence-electron chi connectivity index (χ2n) is 8.58. The summed E-state index contributed by atoms with van der Waals surface area (Å²) >= 11 is 0. The van der Waals surface area contributed by atoms with Crippen LogP contribution in [0.2, 0.25) is 0 Å². The Morgan fingerprint density at radius 1 is 1.06 bits per heavy atom. The van der Waals surface area contributed by atoms with Crippen molar-refractivity contribution in [1.82, 2.24) is 24.8 Å². The number of piperazine rings is 1. The van der Waals surface area contributed by atoms with Gasteiger partial charge < -0.3 is 26.2 Å². The van der Waals surface area contributed by atoms with Crippen LogP contribution >= 0.6 is 0 Å². The molecule has 4 heterocycles. The fraction of sp³-hybridized carbons (Fsp3) is 0.192. The van der Waals surface area contributed by atoms with Gasteiger partial charge in [0.15, 0.2) is 0 Å². The summed E-state index contributed by atoms with van der Waals surface area (Å²) in [6, 6.07) is 13.1. The van der Waals surface area contributed by atoms with Crippen LogP contribution in [-0.2, 0) is 4.79 Å². The highest BCUT2D eigenvalue weighted by atomic mass is 16.1. The third-order valence-electron chi connectivity index (χ3n) is 6.08.